The smallest absolute Gasteiger partial charge is 0.225 e. The summed E-state index contributed by atoms with van der Waals surface area (Å²) in [5.41, 5.74) is 0. The maximum Gasteiger partial charge on any atom is 0.225 e. The summed E-state index contributed by atoms with van der Waals surface area (Å²) in [5, 5.41) is 0. The maximum absolute atomic E-state index is 4.57. The van der Waals surface area contributed by atoms with Crippen LogP contribution in [0.3, 0.4) is 0 Å². The Labute approximate surface area is 91.7 Å². The van der Waals surface area contributed by atoms with Crippen LogP contribution in [0, 0.1) is 0 Å². The predicted molar refractivity (Wildman–Crippen MR) is 18.6 cm³/mol. The fraction of sp³-hybridized carbons (Fsp3) is 1.00. The van der Waals surface area contributed by atoms with Crippen LogP contribution in [-0.2, 0) is 69.8 Å². The second kappa shape index (κ2) is 15.7. The molecule has 0 heterocycles. The molecule has 0 rings (SSSR count). The van der Waals surface area contributed by atoms with Crippen LogP contribution in [0.25, 0.3) is 0 Å². The standard InChI is InChI=1S/C2H6OSi.2Y/c1-3-4-2;;/h1-2H3;;. The minimum atomic E-state index is 0. The minimum absolute atomic E-state index is 0. The Kier molecular flexibility index (Phi) is 41.2. The van der Waals surface area contributed by atoms with Gasteiger partial charge in [0.15, 0.2) is 0 Å². The molecule has 0 saturated carbocycles. The molecule has 0 aromatic carbocycles. The van der Waals surface area contributed by atoms with Gasteiger partial charge in [0.25, 0.3) is 0 Å². The third kappa shape index (κ3) is 16.2. The molecule has 30 valence electrons. The molecule has 0 spiro atoms. The summed E-state index contributed by atoms with van der Waals surface area (Å²) >= 11 is 0. The van der Waals surface area contributed by atoms with Crippen LogP contribution in [0.4, 0.5) is 0 Å². The molecular formula is C2H6OSiY2. The molecule has 0 aliphatic heterocycles. The van der Waals surface area contributed by atoms with E-state index < -0.39 is 0 Å². The fourth-order valence-corrected chi connectivity index (χ4v) is 0. The summed E-state index contributed by atoms with van der Waals surface area (Å²) in [6, 6.07) is 0. The molecule has 4 radical (unpaired) electrons. The van der Waals surface area contributed by atoms with E-state index in [-0.39, 0.29) is 65.4 Å². The first-order valence-electron chi connectivity index (χ1n) is 1.11. The minimum Gasteiger partial charge on any atom is -0.421 e. The number of hydrogen-bond donors (Lipinski definition) is 0. The quantitative estimate of drug-likeness (QED) is 0.610. The Morgan fingerprint density at radius 2 is 1.50 bits per heavy atom. The third-order valence-corrected chi connectivity index (χ3v) is 0.612. The van der Waals surface area contributed by atoms with Crippen molar-refractivity contribution in [2.24, 2.45) is 0 Å². The second-order valence-electron chi connectivity index (χ2n) is 0.408. The molecule has 0 aliphatic carbocycles. The maximum atomic E-state index is 4.57. The van der Waals surface area contributed by atoms with Gasteiger partial charge in [0.2, 0.25) is 9.76 Å². The van der Waals surface area contributed by atoms with Crippen LogP contribution >= 0.6 is 0 Å². The zero-order valence-corrected chi connectivity index (χ0v) is 10.7. The number of rotatable bonds is 1. The zero-order valence-electron chi connectivity index (χ0n) is 4.06. The Hall–Kier alpha value is 2.38. The zero-order chi connectivity index (χ0) is 3.41. The molecular weight excluding hydrogens is 246 g/mol. The van der Waals surface area contributed by atoms with Gasteiger partial charge in [-0.1, -0.05) is 0 Å². The SMILES string of the molecule is CO[Si]C.[Y].[Y]. The van der Waals surface area contributed by atoms with E-state index in [9.17, 15) is 0 Å². The van der Waals surface area contributed by atoms with Crippen LogP contribution in [-0.4, -0.2) is 16.9 Å². The molecule has 4 heteroatoms. The topological polar surface area (TPSA) is 9.23 Å². The van der Waals surface area contributed by atoms with Gasteiger partial charge < -0.3 is 4.43 Å². The molecule has 0 aromatic rings. The van der Waals surface area contributed by atoms with Gasteiger partial charge in [0.05, 0.1) is 0 Å². The first-order valence-corrected chi connectivity index (χ1v) is 2.52. The van der Waals surface area contributed by atoms with E-state index >= 15 is 0 Å². The van der Waals surface area contributed by atoms with Crippen molar-refractivity contribution < 1.29 is 69.8 Å². The van der Waals surface area contributed by atoms with Crippen LogP contribution in [0.5, 0.6) is 0 Å². The molecule has 0 aromatic heterocycles. The molecule has 0 atom stereocenters. The van der Waals surface area contributed by atoms with Crippen LogP contribution < -0.4 is 0 Å². The van der Waals surface area contributed by atoms with E-state index in [2.05, 4.69) is 4.43 Å². The Balaban J connectivity index is -0.0000000450. The molecule has 0 N–H and O–H groups in total. The van der Waals surface area contributed by atoms with E-state index in [1.165, 1.54) is 0 Å². The van der Waals surface area contributed by atoms with E-state index in [1.54, 1.807) is 7.11 Å². The monoisotopic (exact) mass is 252 g/mol. The largest absolute Gasteiger partial charge is 0.421 e. The van der Waals surface area contributed by atoms with Crippen molar-refractivity contribution in [2.75, 3.05) is 7.11 Å². The first-order chi connectivity index (χ1) is 1.91. The van der Waals surface area contributed by atoms with Crippen LogP contribution in [0.1, 0.15) is 0 Å². The van der Waals surface area contributed by atoms with E-state index in [0.717, 1.165) is 0 Å². The van der Waals surface area contributed by atoms with Crippen molar-refractivity contribution in [3.63, 3.8) is 0 Å². The van der Waals surface area contributed by atoms with Crippen molar-refractivity contribution in [1.82, 2.24) is 0 Å². The van der Waals surface area contributed by atoms with Gasteiger partial charge in [-0.25, -0.2) is 0 Å². The van der Waals surface area contributed by atoms with Gasteiger partial charge in [0, 0.05) is 72.5 Å². The fourth-order valence-electron chi connectivity index (χ4n) is 0. The summed E-state index contributed by atoms with van der Waals surface area (Å²) in [6.45, 7) is 1.99. The van der Waals surface area contributed by atoms with Gasteiger partial charge in [-0.15, -0.1) is 0 Å². The third-order valence-electron chi connectivity index (χ3n) is 0.204. The van der Waals surface area contributed by atoms with Gasteiger partial charge >= 0.3 is 0 Å². The normalized spacial score (nSPS) is 5.00. The van der Waals surface area contributed by atoms with E-state index in [0.29, 0.717) is 9.76 Å². The van der Waals surface area contributed by atoms with Gasteiger partial charge in [-0.2, -0.15) is 0 Å². The van der Waals surface area contributed by atoms with Crippen molar-refractivity contribution in [3.8, 4) is 0 Å². The summed E-state index contributed by atoms with van der Waals surface area (Å²) in [7, 11) is 2.33. The molecule has 0 unspecified atom stereocenters. The van der Waals surface area contributed by atoms with Crippen molar-refractivity contribution in [1.29, 1.82) is 0 Å². The molecule has 1 nitrogen and oxygen atoms in total. The van der Waals surface area contributed by atoms with Gasteiger partial charge in [-0.3, -0.25) is 0 Å². The molecule has 6 heavy (non-hydrogen) atoms. The second-order valence-corrected chi connectivity index (χ2v) is 1.22. The van der Waals surface area contributed by atoms with Crippen molar-refractivity contribution >= 4 is 9.76 Å². The van der Waals surface area contributed by atoms with Crippen LogP contribution in [0.15, 0.2) is 0 Å². The molecule has 0 bridgehead atoms. The average Bonchev–Trinajstić information content (AvgIpc) is 1.37. The predicted octanol–water partition coefficient (Wildman–Crippen LogP) is 0.295. The number of hydrogen-bond acceptors (Lipinski definition) is 1. The Bertz CT molecular complexity index is 13.5. The van der Waals surface area contributed by atoms with Crippen LogP contribution in [0.2, 0.25) is 6.55 Å². The van der Waals surface area contributed by atoms with Gasteiger partial charge in [0.1, 0.15) is 0 Å². The molecule has 0 amide bonds. The Morgan fingerprint density at radius 3 is 1.50 bits per heavy atom. The van der Waals surface area contributed by atoms with E-state index in [1.807, 2.05) is 6.55 Å². The summed E-state index contributed by atoms with van der Waals surface area (Å²) in [5.74, 6) is 0. The van der Waals surface area contributed by atoms with E-state index in [4.69, 9.17) is 0 Å². The molecule has 0 fully saturated rings. The van der Waals surface area contributed by atoms with Crippen molar-refractivity contribution in [3.05, 3.63) is 0 Å². The summed E-state index contributed by atoms with van der Waals surface area (Å²) < 4.78 is 4.57. The van der Waals surface area contributed by atoms with Crippen molar-refractivity contribution in [2.45, 2.75) is 6.55 Å². The average molecular weight is 252 g/mol. The summed E-state index contributed by atoms with van der Waals surface area (Å²) in [6.07, 6.45) is 0. The molecule has 0 aliphatic rings. The van der Waals surface area contributed by atoms with Gasteiger partial charge in [-0.05, 0) is 6.55 Å². The Morgan fingerprint density at radius 1 is 1.33 bits per heavy atom. The first kappa shape index (κ1) is 15.8. The summed E-state index contributed by atoms with van der Waals surface area (Å²) in [4.78, 5) is 0. The molecule has 0 saturated heterocycles.